The highest BCUT2D eigenvalue weighted by molar-refractivity contribution is 6.32. The van der Waals surface area contributed by atoms with E-state index in [1.807, 2.05) is 32.9 Å². The fourth-order valence-electron chi connectivity index (χ4n) is 1.99. The third kappa shape index (κ3) is 5.56. The summed E-state index contributed by atoms with van der Waals surface area (Å²) in [7, 11) is 0. The molecule has 0 aliphatic heterocycles. The molecule has 1 aromatic rings. The van der Waals surface area contributed by atoms with Crippen molar-refractivity contribution in [1.29, 1.82) is 0 Å². The second kappa shape index (κ2) is 6.67. The average Bonchev–Trinajstić information content (AvgIpc) is 3.17. The molecule has 2 rings (SSSR count). The van der Waals surface area contributed by atoms with Crippen molar-refractivity contribution in [3.8, 4) is 5.75 Å². The Morgan fingerprint density at radius 2 is 2.10 bits per heavy atom. The molecule has 0 radical (unpaired) electrons. The zero-order valence-electron chi connectivity index (χ0n) is 12.8. The Kier molecular flexibility index (Phi) is 5.12. The second-order valence-electron chi connectivity index (χ2n) is 6.47. The highest BCUT2D eigenvalue weighted by atomic mass is 35.5. The van der Waals surface area contributed by atoms with Gasteiger partial charge in [-0.2, -0.15) is 0 Å². The first-order chi connectivity index (χ1) is 9.85. The Hall–Kier alpha value is -1.26. The van der Waals surface area contributed by atoms with E-state index in [-0.39, 0.29) is 18.1 Å². The molecule has 1 amide bonds. The van der Waals surface area contributed by atoms with E-state index in [9.17, 15) is 4.79 Å². The smallest absolute Gasteiger partial charge is 0.258 e. The Morgan fingerprint density at radius 1 is 1.38 bits per heavy atom. The molecular weight excluding hydrogens is 288 g/mol. The largest absolute Gasteiger partial charge is 0.482 e. The van der Waals surface area contributed by atoms with Gasteiger partial charge in [0.05, 0.1) is 5.02 Å². The van der Waals surface area contributed by atoms with Gasteiger partial charge in [0.25, 0.3) is 5.91 Å². The summed E-state index contributed by atoms with van der Waals surface area (Å²) in [6.45, 7) is 6.49. The van der Waals surface area contributed by atoms with Gasteiger partial charge in [-0.1, -0.05) is 23.7 Å². The van der Waals surface area contributed by atoms with Gasteiger partial charge in [-0.15, -0.1) is 0 Å². The number of carbonyl (C=O) groups excluding carboxylic acids is 1. The molecule has 21 heavy (non-hydrogen) atoms. The quantitative estimate of drug-likeness (QED) is 0.849. The normalized spacial score (nSPS) is 14.9. The van der Waals surface area contributed by atoms with Gasteiger partial charge in [0, 0.05) is 23.7 Å². The van der Waals surface area contributed by atoms with Crippen molar-refractivity contribution in [2.45, 2.75) is 51.7 Å². The SMILES string of the molecule is CC(C)(C)NC(=O)COc1c(Cl)cccc1CNC1CC1. The average molecular weight is 311 g/mol. The molecule has 1 aliphatic rings. The topological polar surface area (TPSA) is 50.4 Å². The number of hydrogen-bond donors (Lipinski definition) is 2. The number of halogens is 1. The lowest BCUT2D eigenvalue weighted by Crippen LogP contribution is -2.43. The summed E-state index contributed by atoms with van der Waals surface area (Å²) in [5.41, 5.74) is 0.718. The van der Waals surface area contributed by atoms with Gasteiger partial charge in [-0.3, -0.25) is 4.79 Å². The van der Waals surface area contributed by atoms with Crippen molar-refractivity contribution in [3.05, 3.63) is 28.8 Å². The van der Waals surface area contributed by atoms with Crippen molar-refractivity contribution in [3.63, 3.8) is 0 Å². The van der Waals surface area contributed by atoms with Crippen LogP contribution in [0.25, 0.3) is 0 Å². The molecule has 0 unspecified atom stereocenters. The van der Waals surface area contributed by atoms with Gasteiger partial charge in [0.2, 0.25) is 0 Å². The van der Waals surface area contributed by atoms with E-state index in [4.69, 9.17) is 16.3 Å². The van der Waals surface area contributed by atoms with Crippen molar-refractivity contribution in [2.24, 2.45) is 0 Å². The first kappa shape index (κ1) is 16.1. The maximum Gasteiger partial charge on any atom is 0.258 e. The van der Waals surface area contributed by atoms with E-state index in [0.717, 1.165) is 5.56 Å². The van der Waals surface area contributed by atoms with E-state index in [1.165, 1.54) is 12.8 Å². The third-order valence-corrected chi connectivity index (χ3v) is 3.37. The van der Waals surface area contributed by atoms with E-state index in [0.29, 0.717) is 23.4 Å². The van der Waals surface area contributed by atoms with Crippen LogP contribution in [0.1, 0.15) is 39.2 Å². The Labute approximate surface area is 131 Å². The van der Waals surface area contributed by atoms with Crippen LogP contribution in [0.5, 0.6) is 5.75 Å². The van der Waals surface area contributed by atoms with Gasteiger partial charge in [-0.05, 0) is 39.7 Å². The van der Waals surface area contributed by atoms with Crippen LogP contribution in [0, 0.1) is 0 Å². The minimum absolute atomic E-state index is 0.0303. The first-order valence-electron chi connectivity index (χ1n) is 7.30. The van der Waals surface area contributed by atoms with Crippen LogP contribution in [0.4, 0.5) is 0 Å². The molecule has 116 valence electrons. The molecular formula is C16H23ClN2O2. The molecule has 0 heterocycles. The van der Waals surface area contributed by atoms with Crippen LogP contribution in [-0.4, -0.2) is 24.1 Å². The number of hydrogen-bond acceptors (Lipinski definition) is 3. The first-order valence-corrected chi connectivity index (χ1v) is 7.67. The van der Waals surface area contributed by atoms with Crippen LogP contribution in [0.3, 0.4) is 0 Å². The highest BCUT2D eigenvalue weighted by Gasteiger charge is 2.21. The summed E-state index contributed by atoms with van der Waals surface area (Å²) in [6.07, 6.45) is 2.45. The van der Waals surface area contributed by atoms with E-state index in [2.05, 4.69) is 10.6 Å². The Morgan fingerprint density at radius 3 is 2.71 bits per heavy atom. The van der Waals surface area contributed by atoms with E-state index < -0.39 is 0 Å². The number of benzene rings is 1. The third-order valence-electron chi connectivity index (χ3n) is 3.07. The van der Waals surface area contributed by atoms with Crippen LogP contribution < -0.4 is 15.4 Å². The standard InChI is InChI=1S/C16H23ClN2O2/c1-16(2,3)19-14(20)10-21-15-11(5-4-6-13(15)17)9-18-12-7-8-12/h4-6,12,18H,7-10H2,1-3H3,(H,19,20). The van der Waals surface area contributed by atoms with E-state index >= 15 is 0 Å². The Bertz CT molecular complexity index is 507. The minimum atomic E-state index is -0.267. The van der Waals surface area contributed by atoms with Gasteiger partial charge in [0.15, 0.2) is 6.61 Å². The van der Waals surface area contributed by atoms with Gasteiger partial charge in [-0.25, -0.2) is 0 Å². The zero-order valence-corrected chi connectivity index (χ0v) is 13.6. The number of amides is 1. The highest BCUT2D eigenvalue weighted by Crippen LogP contribution is 2.29. The number of rotatable bonds is 6. The van der Waals surface area contributed by atoms with Crippen LogP contribution in [0.2, 0.25) is 5.02 Å². The zero-order chi connectivity index (χ0) is 15.5. The monoisotopic (exact) mass is 310 g/mol. The summed E-state index contributed by atoms with van der Waals surface area (Å²) in [5, 5.41) is 6.83. The predicted molar refractivity (Wildman–Crippen MR) is 84.7 cm³/mol. The van der Waals surface area contributed by atoms with E-state index in [1.54, 1.807) is 6.07 Å². The summed E-state index contributed by atoms with van der Waals surface area (Å²) in [5.74, 6) is 0.444. The molecule has 2 N–H and O–H groups in total. The van der Waals surface area contributed by atoms with Crippen LogP contribution in [0.15, 0.2) is 18.2 Å². The molecule has 0 bridgehead atoms. The van der Waals surface area contributed by atoms with Crippen molar-refractivity contribution < 1.29 is 9.53 Å². The summed E-state index contributed by atoms with van der Waals surface area (Å²) >= 11 is 6.19. The molecule has 1 aromatic carbocycles. The summed E-state index contributed by atoms with van der Waals surface area (Å²) in [4.78, 5) is 11.8. The lowest BCUT2D eigenvalue weighted by Gasteiger charge is -2.21. The van der Waals surface area contributed by atoms with Crippen molar-refractivity contribution in [1.82, 2.24) is 10.6 Å². The molecule has 0 saturated heterocycles. The maximum atomic E-state index is 11.8. The number of ether oxygens (including phenoxy) is 1. The second-order valence-corrected chi connectivity index (χ2v) is 6.88. The maximum absolute atomic E-state index is 11.8. The molecule has 1 fully saturated rings. The molecule has 4 nitrogen and oxygen atoms in total. The number of carbonyl (C=O) groups is 1. The number of para-hydroxylation sites is 1. The lowest BCUT2D eigenvalue weighted by molar-refractivity contribution is -0.124. The van der Waals surface area contributed by atoms with Crippen molar-refractivity contribution >= 4 is 17.5 Å². The van der Waals surface area contributed by atoms with Gasteiger partial charge < -0.3 is 15.4 Å². The summed E-state index contributed by atoms with van der Waals surface area (Å²) in [6, 6.07) is 6.26. The minimum Gasteiger partial charge on any atom is -0.482 e. The lowest BCUT2D eigenvalue weighted by atomic mass is 10.1. The fourth-order valence-corrected chi connectivity index (χ4v) is 2.24. The van der Waals surface area contributed by atoms with Crippen molar-refractivity contribution in [2.75, 3.05) is 6.61 Å². The number of nitrogens with one attached hydrogen (secondary N) is 2. The van der Waals surface area contributed by atoms with Gasteiger partial charge >= 0.3 is 0 Å². The van der Waals surface area contributed by atoms with Gasteiger partial charge in [0.1, 0.15) is 5.75 Å². The fraction of sp³-hybridized carbons (Fsp3) is 0.562. The molecule has 1 aliphatic carbocycles. The molecule has 0 atom stereocenters. The Balaban J connectivity index is 1.95. The predicted octanol–water partition coefficient (Wildman–Crippen LogP) is 2.89. The molecule has 1 saturated carbocycles. The van der Waals surface area contributed by atoms with Crippen LogP contribution in [-0.2, 0) is 11.3 Å². The molecule has 0 spiro atoms. The van der Waals surface area contributed by atoms with Crippen LogP contribution >= 0.6 is 11.6 Å². The molecule has 0 aromatic heterocycles. The molecule has 5 heteroatoms. The summed E-state index contributed by atoms with van der Waals surface area (Å²) < 4.78 is 5.64.